The van der Waals surface area contributed by atoms with Crippen LogP contribution in [0.25, 0.3) is 0 Å². The number of rotatable bonds is 3. The second-order valence-electron chi connectivity index (χ2n) is 2.92. The molecule has 0 bridgehead atoms. The van der Waals surface area contributed by atoms with Crippen LogP contribution >= 0.6 is 24.0 Å². The molecule has 0 saturated carbocycles. The van der Waals surface area contributed by atoms with Crippen molar-refractivity contribution in [2.75, 3.05) is 0 Å². The van der Waals surface area contributed by atoms with Crippen molar-refractivity contribution in [2.24, 2.45) is 5.73 Å². The van der Waals surface area contributed by atoms with E-state index in [-0.39, 0.29) is 24.6 Å². The van der Waals surface area contributed by atoms with Gasteiger partial charge < -0.3 is 15.9 Å². The third-order valence-electron chi connectivity index (χ3n) is 1.80. The lowest BCUT2D eigenvalue weighted by molar-refractivity contribution is -0.138. The van der Waals surface area contributed by atoms with Crippen molar-refractivity contribution in [3.63, 3.8) is 0 Å². The Morgan fingerprint density at radius 1 is 1.53 bits per heavy atom. The highest BCUT2D eigenvalue weighted by atomic mass is 35.5. The Balaban J connectivity index is 0.00000196. The second-order valence-corrected chi connectivity index (χ2v) is 3.36. The van der Waals surface area contributed by atoms with Crippen LogP contribution in [-0.2, 0) is 11.2 Å². The van der Waals surface area contributed by atoms with Gasteiger partial charge >= 0.3 is 5.97 Å². The molecule has 4 nitrogen and oxygen atoms in total. The molecular weight excluding hydrogens is 241 g/mol. The molecule has 0 saturated heterocycles. The molecule has 0 radical (unpaired) electrons. The Morgan fingerprint density at radius 3 is 2.67 bits per heavy atom. The quantitative estimate of drug-likeness (QED) is 0.759. The van der Waals surface area contributed by atoms with E-state index in [1.165, 1.54) is 18.2 Å². The lowest BCUT2D eigenvalue weighted by Crippen LogP contribution is -2.32. The summed E-state index contributed by atoms with van der Waals surface area (Å²) < 4.78 is 0. The Kier molecular flexibility index (Phi) is 5.43. The van der Waals surface area contributed by atoms with Gasteiger partial charge in [-0.05, 0) is 23.8 Å². The maximum Gasteiger partial charge on any atom is 0.320 e. The molecule has 0 aliphatic carbocycles. The van der Waals surface area contributed by atoms with Crippen molar-refractivity contribution in [2.45, 2.75) is 12.5 Å². The first-order chi connectivity index (χ1) is 6.50. The number of carboxylic acids is 1. The third-order valence-corrected chi connectivity index (χ3v) is 2.03. The molecule has 0 aliphatic heterocycles. The molecule has 1 aromatic carbocycles. The Morgan fingerprint density at radius 2 is 2.13 bits per heavy atom. The van der Waals surface area contributed by atoms with Crippen LogP contribution in [0.5, 0.6) is 5.75 Å². The number of benzene rings is 1. The third kappa shape index (κ3) is 3.95. The van der Waals surface area contributed by atoms with Gasteiger partial charge in [-0.25, -0.2) is 0 Å². The zero-order valence-electron chi connectivity index (χ0n) is 7.68. The summed E-state index contributed by atoms with van der Waals surface area (Å²) in [6.07, 6.45) is 0.0573. The molecule has 6 heteroatoms. The van der Waals surface area contributed by atoms with Gasteiger partial charge in [-0.15, -0.1) is 12.4 Å². The van der Waals surface area contributed by atoms with Crippen LogP contribution in [0.4, 0.5) is 0 Å². The Labute approximate surface area is 98.1 Å². The van der Waals surface area contributed by atoms with Gasteiger partial charge in [-0.2, -0.15) is 0 Å². The van der Waals surface area contributed by atoms with Crippen molar-refractivity contribution in [1.29, 1.82) is 0 Å². The van der Waals surface area contributed by atoms with Gasteiger partial charge in [-0.3, -0.25) is 4.79 Å². The highest BCUT2D eigenvalue weighted by molar-refractivity contribution is 6.30. The Hall–Kier alpha value is -0.970. The molecule has 0 spiro atoms. The summed E-state index contributed by atoms with van der Waals surface area (Å²) in [5.41, 5.74) is 5.75. The van der Waals surface area contributed by atoms with E-state index in [1.807, 2.05) is 0 Å². The predicted octanol–water partition coefficient (Wildman–Crippen LogP) is 1.42. The SMILES string of the molecule is Cl.NC(Cc1cc(Cl)ccc1O)C(=O)O. The molecule has 0 amide bonds. The fourth-order valence-electron chi connectivity index (χ4n) is 1.04. The largest absolute Gasteiger partial charge is 0.508 e. The van der Waals surface area contributed by atoms with E-state index in [0.29, 0.717) is 10.6 Å². The van der Waals surface area contributed by atoms with Gasteiger partial charge in [0.05, 0.1) is 0 Å². The number of phenolic OH excluding ortho intramolecular Hbond substituents is 1. The molecule has 15 heavy (non-hydrogen) atoms. The van der Waals surface area contributed by atoms with Gasteiger partial charge in [0.2, 0.25) is 0 Å². The van der Waals surface area contributed by atoms with Crippen LogP contribution in [0.2, 0.25) is 5.02 Å². The first-order valence-electron chi connectivity index (χ1n) is 3.96. The van der Waals surface area contributed by atoms with Crippen LogP contribution in [0.15, 0.2) is 18.2 Å². The molecule has 0 aliphatic rings. The van der Waals surface area contributed by atoms with Crippen LogP contribution in [0.3, 0.4) is 0 Å². The fourth-order valence-corrected chi connectivity index (χ4v) is 1.24. The average Bonchev–Trinajstić information content (AvgIpc) is 2.11. The van der Waals surface area contributed by atoms with Crippen LogP contribution in [0.1, 0.15) is 5.56 Å². The highest BCUT2D eigenvalue weighted by Gasteiger charge is 2.14. The number of hydrogen-bond acceptors (Lipinski definition) is 3. The minimum absolute atomic E-state index is 0. The summed E-state index contributed by atoms with van der Waals surface area (Å²) >= 11 is 5.68. The highest BCUT2D eigenvalue weighted by Crippen LogP contribution is 2.22. The van der Waals surface area contributed by atoms with Crippen molar-refractivity contribution in [3.05, 3.63) is 28.8 Å². The topological polar surface area (TPSA) is 83.5 Å². The van der Waals surface area contributed by atoms with Crippen LogP contribution in [0, 0.1) is 0 Å². The van der Waals surface area contributed by atoms with Gasteiger partial charge in [0, 0.05) is 11.4 Å². The van der Waals surface area contributed by atoms with Gasteiger partial charge in [0.25, 0.3) is 0 Å². The summed E-state index contributed by atoms with van der Waals surface area (Å²) in [7, 11) is 0. The minimum Gasteiger partial charge on any atom is -0.508 e. The van der Waals surface area contributed by atoms with E-state index in [1.54, 1.807) is 0 Å². The number of nitrogens with two attached hydrogens (primary N) is 1. The molecule has 1 aromatic rings. The molecule has 1 atom stereocenters. The van der Waals surface area contributed by atoms with Gasteiger partial charge in [-0.1, -0.05) is 11.6 Å². The smallest absolute Gasteiger partial charge is 0.320 e. The number of aliphatic carboxylic acids is 1. The molecule has 0 aromatic heterocycles. The Bertz CT molecular complexity index is 357. The number of hydrogen-bond donors (Lipinski definition) is 3. The van der Waals surface area contributed by atoms with Gasteiger partial charge in [0.1, 0.15) is 11.8 Å². The van der Waals surface area contributed by atoms with Crippen molar-refractivity contribution >= 4 is 30.0 Å². The molecule has 1 rings (SSSR count). The lowest BCUT2D eigenvalue weighted by Gasteiger charge is -2.08. The summed E-state index contributed by atoms with van der Waals surface area (Å²) in [4.78, 5) is 10.5. The van der Waals surface area contributed by atoms with E-state index in [0.717, 1.165) is 0 Å². The normalized spacial score (nSPS) is 11.6. The molecule has 0 fully saturated rings. The van der Waals surface area contributed by atoms with Gasteiger partial charge in [0.15, 0.2) is 0 Å². The van der Waals surface area contributed by atoms with E-state index >= 15 is 0 Å². The molecule has 0 heterocycles. The zero-order valence-corrected chi connectivity index (χ0v) is 9.26. The van der Waals surface area contributed by atoms with Crippen LogP contribution < -0.4 is 5.73 Å². The van der Waals surface area contributed by atoms with Crippen LogP contribution in [-0.4, -0.2) is 22.2 Å². The first-order valence-corrected chi connectivity index (χ1v) is 4.34. The number of phenols is 1. The lowest BCUT2D eigenvalue weighted by atomic mass is 10.1. The molecular formula is C9H11Cl2NO3. The summed E-state index contributed by atoms with van der Waals surface area (Å²) in [6.45, 7) is 0. The molecule has 84 valence electrons. The van der Waals surface area contributed by atoms with E-state index in [2.05, 4.69) is 0 Å². The minimum atomic E-state index is -1.11. The maximum atomic E-state index is 10.5. The maximum absolute atomic E-state index is 10.5. The van der Waals surface area contributed by atoms with E-state index in [9.17, 15) is 9.90 Å². The molecule has 1 unspecified atom stereocenters. The number of aromatic hydroxyl groups is 1. The predicted molar refractivity (Wildman–Crippen MR) is 59.7 cm³/mol. The summed E-state index contributed by atoms with van der Waals surface area (Å²) in [5.74, 6) is -1.10. The monoisotopic (exact) mass is 251 g/mol. The summed E-state index contributed by atoms with van der Waals surface area (Å²) in [5, 5.41) is 18.4. The van der Waals surface area contributed by atoms with E-state index < -0.39 is 12.0 Å². The number of carbonyl (C=O) groups is 1. The van der Waals surface area contributed by atoms with Crippen molar-refractivity contribution in [1.82, 2.24) is 0 Å². The fraction of sp³-hybridized carbons (Fsp3) is 0.222. The first kappa shape index (κ1) is 14.0. The molecule has 4 N–H and O–H groups in total. The number of halogens is 2. The zero-order chi connectivity index (χ0) is 10.7. The standard InChI is InChI=1S/C9H10ClNO3.ClH/c10-6-1-2-8(12)5(3-6)4-7(11)9(13)14;/h1-3,7,12H,4,11H2,(H,13,14);1H. The van der Waals surface area contributed by atoms with E-state index in [4.69, 9.17) is 22.4 Å². The second kappa shape index (κ2) is 5.80. The van der Waals surface area contributed by atoms with Crippen molar-refractivity contribution < 1.29 is 15.0 Å². The average molecular weight is 252 g/mol. The number of carboxylic acid groups (broad SMARTS) is 1. The summed E-state index contributed by atoms with van der Waals surface area (Å²) in [6, 6.07) is 3.40. The van der Waals surface area contributed by atoms with Crippen molar-refractivity contribution in [3.8, 4) is 5.75 Å².